The highest BCUT2D eigenvalue weighted by molar-refractivity contribution is 9.10. The summed E-state index contributed by atoms with van der Waals surface area (Å²) in [7, 11) is 0. The first kappa shape index (κ1) is 13.5. The number of hydrogen-bond donors (Lipinski definition) is 0. The van der Waals surface area contributed by atoms with Crippen LogP contribution in [0.25, 0.3) is 21.8 Å². The summed E-state index contributed by atoms with van der Waals surface area (Å²) in [5, 5.41) is 2.83. The van der Waals surface area contributed by atoms with E-state index in [2.05, 4.69) is 20.9 Å². The van der Waals surface area contributed by atoms with Gasteiger partial charge in [-0.15, -0.1) is 11.3 Å². The van der Waals surface area contributed by atoms with Gasteiger partial charge < -0.3 is 0 Å². The second-order valence-corrected chi connectivity index (χ2v) is 6.25. The maximum atomic E-state index is 13.5. The van der Waals surface area contributed by atoms with Crippen molar-refractivity contribution in [3.63, 3.8) is 0 Å². The fraction of sp³-hybridized carbons (Fsp3) is 0.0625. The maximum absolute atomic E-state index is 13.5. The van der Waals surface area contributed by atoms with Crippen LogP contribution in [-0.2, 0) is 0 Å². The molecule has 1 aromatic heterocycles. The van der Waals surface area contributed by atoms with Crippen LogP contribution in [0.4, 0.5) is 4.39 Å². The van der Waals surface area contributed by atoms with Gasteiger partial charge in [-0.25, -0.2) is 9.37 Å². The van der Waals surface area contributed by atoms with E-state index in [-0.39, 0.29) is 5.82 Å². The summed E-state index contributed by atoms with van der Waals surface area (Å²) in [4.78, 5) is 4.62. The van der Waals surface area contributed by atoms with Gasteiger partial charge in [0.2, 0.25) is 0 Å². The number of hydrogen-bond acceptors (Lipinski definition) is 2. The Kier molecular flexibility index (Phi) is 3.68. The van der Waals surface area contributed by atoms with E-state index in [4.69, 9.17) is 0 Å². The van der Waals surface area contributed by atoms with E-state index in [1.807, 2.05) is 42.6 Å². The maximum Gasteiger partial charge on any atom is 0.124 e. The Balaban J connectivity index is 2.04. The molecule has 0 saturated heterocycles. The molecule has 2 aromatic carbocycles. The molecule has 0 bridgehead atoms. The van der Waals surface area contributed by atoms with Gasteiger partial charge in [0.25, 0.3) is 0 Å². The summed E-state index contributed by atoms with van der Waals surface area (Å²) in [5.74, 6) is -0.224. The minimum Gasteiger partial charge on any atom is -0.236 e. The molecule has 0 aliphatic heterocycles. The normalized spacial score (nSPS) is 10.8. The standard InChI is InChI=1S/C16H11BrFNS/c1-10-6-11(8-12(18)7-10)16-19-15(9-20-16)13-4-2-3-5-14(13)17/h2-9H,1H3. The van der Waals surface area contributed by atoms with Crippen LogP contribution in [0, 0.1) is 12.7 Å². The Morgan fingerprint density at radius 3 is 2.70 bits per heavy atom. The van der Waals surface area contributed by atoms with Gasteiger partial charge in [-0.1, -0.05) is 34.1 Å². The van der Waals surface area contributed by atoms with Crippen LogP contribution in [-0.4, -0.2) is 4.98 Å². The third-order valence-corrected chi connectivity index (χ3v) is 4.53. The van der Waals surface area contributed by atoms with E-state index < -0.39 is 0 Å². The van der Waals surface area contributed by atoms with E-state index in [1.54, 1.807) is 0 Å². The first-order chi connectivity index (χ1) is 9.63. The quantitative estimate of drug-likeness (QED) is 0.580. The minimum absolute atomic E-state index is 0.224. The lowest BCUT2D eigenvalue weighted by Gasteiger charge is -2.01. The zero-order chi connectivity index (χ0) is 14.1. The SMILES string of the molecule is Cc1cc(F)cc(-c2nc(-c3ccccc3Br)cs2)c1. The number of rotatable bonds is 2. The molecule has 100 valence electrons. The molecule has 0 aliphatic rings. The number of benzene rings is 2. The van der Waals surface area contributed by atoms with Crippen LogP contribution in [0.5, 0.6) is 0 Å². The summed E-state index contributed by atoms with van der Waals surface area (Å²) in [6, 6.07) is 12.9. The number of aryl methyl sites for hydroxylation is 1. The van der Waals surface area contributed by atoms with Crippen molar-refractivity contribution in [2.75, 3.05) is 0 Å². The molecule has 0 fully saturated rings. The average Bonchev–Trinajstić information content (AvgIpc) is 2.87. The topological polar surface area (TPSA) is 12.9 Å². The van der Waals surface area contributed by atoms with E-state index >= 15 is 0 Å². The van der Waals surface area contributed by atoms with Crippen molar-refractivity contribution >= 4 is 27.3 Å². The summed E-state index contributed by atoms with van der Waals surface area (Å²) in [6.07, 6.45) is 0. The first-order valence-corrected chi connectivity index (χ1v) is 7.79. The molecule has 0 N–H and O–H groups in total. The molecule has 20 heavy (non-hydrogen) atoms. The van der Waals surface area contributed by atoms with Crippen molar-refractivity contribution < 1.29 is 4.39 Å². The number of halogens is 2. The predicted octanol–water partition coefficient (Wildman–Crippen LogP) is 5.69. The van der Waals surface area contributed by atoms with Crippen molar-refractivity contribution in [3.05, 3.63) is 63.7 Å². The zero-order valence-corrected chi connectivity index (χ0v) is 13.1. The third-order valence-electron chi connectivity index (χ3n) is 2.94. The molecule has 4 heteroatoms. The summed E-state index contributed by atoms with van der Waals surface area (Å²) >= 11 is 5.05. The van der Waals surface area contributed by atoms with Gasteiger partial charge in [-0.3, -0.25) is 0 Å². The lowest BCUT2D eigenvalue weighted by atomic mass is 10.1. The van der Waals surface area contributed by atoms with Gasteiger partial charge in [-0.2, -0.15) is 0 Å². The lowest BCUT2D eigenvalue weighted by molar-refractivity contribution is 0.627. The largest absolute Gasteiger partial charge is 0.236 e. The smallest absolute Gasteiger partial charge is 0.124 e. The second kappa shape index (κ2) is 5.46. The Morgan fingerprint density at radius 2 is 1.95 bits per heavy atom. The van der Waals surface area contributed by atoms with Gasteiger partial charge in [-0.05, 0) is 36.8 Å². The van der Waals surface area contributed by atoms with E-state index in [1.165, 1.54) is 23.5 Å². The summed E-state index contributed by atoms with van der Waals surface area (Å²) in [5.41, 5.74) is 3.67. The molecule has 1 heterocycles. The molecule has 0 spiro atoms. The van der Waals surface area contributed by atoms with E-state index in [0.717, 1.165) is 31.9 Å². The van der Waals surface area contributed by atoms with Crippen LogP contribution in [0.3, 0.4) is 0 Å². The molecule has 3 aromatic rings. The highest BCUT2D eigenvalue weighted by Crippen LogP contribution is 2.33. The summed E-state index contributed by atoms with van der Waals surface area (Å²) in [6.45, 7) is 1.88. The number of thiazole rings is 1. The molecule has 1 nitrogen and oxygen atoms in total. The molecular formula is C16H11BrFNS. The van der Waals surface area contributed by atoms with Crippen LogP contribution in [0.1, 0.15) is 5.56 Å². The first-order valence-electron chi connectivity index (χ1n) is 6.11. The van der Waals surface area contributed by atoms with E-state index in [0.29, 0.717) is 0 Å². The predicted molar refractivity (Wildman–Crippen MR) is 85.4 cm³/mol. The van der Waals surface area contributed by atoms with Gasteiger partial charge in [0.15, 0.2) is 0 Å². The van der Waals surface area contributed by atoms with Crippen molar-refractivity contribution in [2.45, 2.75) is 6.92 Å². The summed E-state index contributed by atoms with van der Waals surface area (Å²) < 4.78 is 14.5. The third kappa shape index (κ3) is 2.67. The fourth-order valence-electron chi connectivity index (χ4n) is 2.06. The van der Waals surface area contributed by atoms with Crippen molar-refractivity contribution in [1.29, 1.82) is 0 Å². The lowest BCUT2D eigenvalue weighted by Crippen LogP contribution is -1.84. The van der Waals surface area contributed by atoms with Gasteiger partial charge in [0.05, 0.1) is 5.69 Å². The van der Waals surface area contributed by atoms with Gasteiger partial charge in [0, 0.05) is 21.0 Å². The van der Waals surface area contributed by atoms with Crippen LogP contribution >= 0.6 is 27.3 Å². The molecule has 0 aliphatic carbocycles. The van der Waals surface area contributed by atoms with Crippen LogP contribution < -0.4 is 0 Å². The van der Waals surface area contributed by atoms with Crippen molar-refractivity contribution in [2.24, 2.45) is 0 Å². The van der Waals surface area contributed by atoms with Gasteiger partial charge in [0.1, 0.15) is 10.8 Å². The Labute approximate surface area is 129 Å². The molecule has 0 radical (unpaired) electrons. The molecule has 0 saturated carbocycles. The second-order valence-electron chi connectivity index (χ2n) is 4.54. The zero-order valence-electron chi connectivity index (χ0n) is 10.7. The molecular weight excluding hydrogens is 337 g/mol. The molecule has 0 amide bonds. The number of aromatic nitrogens is 1. The highest BCUT2D eigenvalue weighted by Gasteiger charge is 2.10. The number of nitrogens with zero attached hydrogens (tertiary/aromatic N) is 1. The minimum atomic E-state index is -0.224. The van der Waals surface area contributed by atoms with Crippen molar-refractivity contribution in [1.82, 2.24) is 4.98 Å². The molecule has 3 rings (SSSR count). The highest BCUT2D eigenvalue weighted by atomic mass is 79.9. The Bertz CT molecular complexity index is 746. The Morgan fingerprint density at radius 1 is 1.15 bits per heavy atom. The average molecular weight is 348 g/mol. The van der Waals surface area contributed by atoms with Gasteiger partial charge >= 0.3 is 0 Å². The molecule has 0 atom stereocenters. The van der Waals surface area contributed by atoms with E-state index in [9.17, 15) is 4.39 Å². The van der Waals surface area contributed by atoms with Crippen LogP contribution in [0.2, 0.25) is 0 Å². The fourth-order valence-corrected chi connectivity index (χ4v) is 3.35. The monoisotopic (exact) mass is 347 g/mol. The van der Waals surface area contributed by atoms with Crippen molar-refractivity contribution in [3.8, 4) is 21.8 Å². The Hall–Kier alpha value is -1.52. The molecule has 0 unspecified atom stereocenters. The van der Waals surface area contributed by atoms with Crippen LogP contribution in [0.15, 0.2) is 52.3 Å².